The van der Waals surface area contributed by atoms with E-state index in [2.05, 4.69) is 9.88 Å². The molecule has 140 valence electrons. The van der Waals surface area contributed by atoms with Crippen LogP contribution >= 0.6 is 11.3 Å². The van der Waals surface area contributed by atoms with Crippen LogP contribution in [0, 0.1) is 6.92 Å². The van der Waals surface area contributed by atoms with E-state index in [1.54, 1.807) is 4.90 Å². The first-order valence-electron chi connectivity index (χ1n) is 9.07. The van der Waals surface area contributed by atoms with Gasteiger partial charge in [-0.3, -0.25) is 9.69 Å². The van der Waals surface area contributed by atoms with E-state index in [1.807, 2.05) is 25.3 Å². The molecule has 1 unspecified atom stereocenters. The number of likely N-dealkylation sites (N-methyl/N-ethyl adjacent to an activating group) is 1. The van der Waals surface area contributed by atoms with Gasteiger partial charge in [0.2, 0.25) is 0 Å². The predicted molar refractivity (Wildman–Crippen MR) is 101 cm³/mol. The smallest absolute Gasteiger partial charge is 0.317 e. The number of morpholine rings is 1. The summed E-state index contributed by atoms with van der Waals surface area (Å²) in [5, 5.41) is 10.2. The predicted octanol–water partition coefficient (Wildman–Crippen LogP) is 1.71. The Hall–Kier alpha value is -1.77. The first-order chi connectivity index (χ1) is 12.5. The van der Waals surface area contributed by atoms with E-state index < -0.39 is 5.97 Å². The lowest BCUT2D eigenvalue weighted by molar-refractivity contribution is -0.138. The van der Waals surface area contributed by atoms with Gasteiger partial charge in [-0.2, -0.15) is 0 Å². The Morgan fingerprint density at radius 1 is 1.42 bits per heavy atom. The molecule has 1 aliphatic heterocycles. The Balaban J connectivity index is 1.60. The molecule has 0 bridgehead atoms. The molecule has 2 aromatic rings. The van der Waals surface area contributed by atoms with Gasteiger partial charge in [-0.15, -0.1) is 11.3 Å². The van der Waals surface area contributed by atoms with E-state index in [4.69, 9.17) is 14.8 Å². The number of aromatic nitrogens is 2. The summed E-state index contributed by atoms with van der Waals surface area (Å²) in [6.45, 7) is 4.72. The van der Waals surface area contributed by atoms with Gasteiger partial charge >= 0.3 is 5.97 Å². The zero-order valence-electron chi connectivity index (χ0n) is 15.2. The quantitative estimate of drug-likeness (QED) is 0.851. The molecule has 0 saturated carbocycles. The van der Waals surface area contributed by atoms with Gasteiger partial charge in [-0.05, 0) is 38.8 Å². The van der Waals surface area contributed by atoms with Gasteiger partial charge < -0.3 is 14.7 Å². The maximum absolute atomic E-state index is 10.9. The maximum Gasteiger partial charge on any atom is 0.317 e. The van der Waals surface area contributed by atoms with E-state index in [0.29, 0.717) is 13.2 Å². The molecule has 4 rings (SSSR count). The summed E-state index contributed by atoms with van der Waals surface area (Å²) in [5.74, 6) is 1.02. The monoisotopic (exact) mass is 376 g/mol. The molecule has 0 aromatic carbocycles. The average molecular weight is 376 g/mol. The first kappa shape index (κ1) is 17.6. The minimum absolute atomic E-state index is 0.0226. The van der Waals surface area contributed by atoms with Crippen molar-refractivity contribution in [2.45, 2.75) is 32.3 Å². The molecule has 3 heterocycles. The number of aryl methyl sites for hydroxylation is 3. The number of carbonyl (C=O) groups is 1. The van der Waals surface area contributed by atoms with E-state index in [-0.39, 0.29) is 12.6 Å². The molecule has 1 saturated heterocycles. The number of hydrogen-bond acceptors (Lipinski definition) is 7. The van der Waals surface area contributed by atoms with Gasteiger partial charge in [0.25, 0.3) is 0 Å². The molecule has 0 amide bonds. The zero-order valence-corrected chi connectivity index (χ0v) is 16.0. The molecule has 8 heteroatoms. The lowest BCUT2D eigenvalue weighted by Gasteiger charge is -2.35. The van der Waals surface area contributed by atoms with E-state index in [1.165, 1.54) is 22.2 Å². The van der Waals surface area contributed by atoms with Crippen molar-refractivity contribution < 1.29 is 14.6 Å². The SMILES string of the molecule is Cc1nc(N2CCOC(CN(C)CC(=O)O)C2)c2c3c(sc2n1)CCC3. The van der Waals surface area contributed by atoms with Crippen LogP contribution in [0.1, 0.15) is 22.7 Å². The molecular formula is C18H24N4O3S. The van der Waals surface area contributed by atoms with Crippen LogP contribution in [0.3, 0.4) is 0 Å². The van der Waals surface area contributed by atoms with Crippen molar-refractivity contribution in [1.82, 2.24) is 14.9 Å². The van der Waals surface area contributed by atoms with E-state index >= 15 is 0 Å². The van der Waals surface area contributed by atoms with Crippen LogP contribution in [-0.2, 0) is 22.4 Å². The highest BCUT2D eigenvalue weighted by molar-refractivity contribution is 7.19. The fourth-order valence-corrected chi connectivity index (χ4v) is 5.28. The summed E-state index contributed by atoms with van der Waals surface area (Å²) in [7, 11) is 1.81. The van der Waals surface area contributed by atoms with Crippen LogP contribution in [0.2, 0.25) is 0 Å². The molecule has 26 heavy (non-hydrogen) atoms. The van der Waals surface area contributed by atoms with Crippen molar-refractivity contribution in [1.29, 1.82) is 0 Å². The molecule has 2 aliphatic rings. The minimum Gasteiger partial charge on any atom is -0.480 e. The average Bonchev–Trinajstić information content (AvgIpc) is 3.13. The number of fused-ring (bicyclic) bond motifs is 3. The number of carboxylic acids is 1. The number of carboxylic acid groups (broad SMARTS) is 1. The van der Waals surface area contributed by atoms with Crippen molar-refractivity contribution >= 4 is 33.3 Å². The molecular weight excluding hydrogens is 352 g/mol. The Morgan fingerprint density at radius 3 is 3.08 bits per heavy atom. The number of hydrogen-bond donors (Lipinski definition) is 1. The highest BCUT2D eigenvalue weighted by atomic mass is 32.1. The summed E-state index contributed by atoms with van der Waals surface area (Å²) >= 11 is 1.81. The number of aliphatic carboxylic acids is 1. The van der Waals surface area contributed by atoms with E-state index in [0.717, 1.165) is 42.4 Å². The lowest BCUT2D eigenvalue weighted by atomic mass is 10.1. The summed E-state index contributed by atoms with van der Waals surface area (Å²) in [5.41, 5.74) is 1.44. The fourth-order valence-electron chi connectivity index (χ4n) is 3.97. The van der Waals surface area contributed by atoms with Crippen molar-refractivity contribution in [3.63, 3.8) is 0 Å². The largest absolute Gasteiger partial charge is 0.480 e. The fraction of sp³-hybridized carbons (Fsp3) is 0.611. The third-order valence-corrected chi connectivity index (χ3v) is 6.20. The molecule has 1 fully saturated rings. The first-order valence-corrected chi connectivity index (χ1v) is 9.88. The summed E-state index contributed by atoms with van der Waals surface area (Å²) in [6, 6.07) is 0. The highest BCUT2D eigenvalue weighted by Crippen LogP contribution is 2.40. The zero-order chi connectivity index (χ0) is 18.3. The summed E-state index contributed by atoms with van der Waals surface area (Å²) in [4.78, 5) is 27.0. The van der Waals surface area contributed by atoms with Gasteiger partial charge in [0.15, 0.2) is 0 Å². The van der Waals surface area contributed by atoms with Crippen LogP contribution < -0.4 is 4.90 Å². The van der Waals surface area contributed by atoms with Crippen molar-refractivity contribution in [2.24, 2.45) is 0 Å². The Labute approximate surface area is 156 Å². The minimum atomic E-state index is -0.817. The second-order valence-corrected chi connectivity index (χ2v) is 8.24. The second kappa shape index (κ2) is 7.09. The number of ether oxygens (including phenoxy) is 1. The van der Waals surface area contributed by atoms with Crippen LogP contribution in [-0.4, -0.2) is 71.9 Å². The molecule has 0 spiro atoms. The number of anilines is 1. The van der Waals surface area contributed by atoms with E-state index in [9.17, 15) is 4.79 Å². The topological polar surface area (TPSA) is 78.8 Å². The summed E-state index contributed by atoms with van der Waals surface area (Å²) < 4.78 is 5.88. The molecule has 0 radical (unpaired) electrons. The van der Waals surface area contributed by atoms with Crippen LogP contribution in [0.15, 0.2) is 0 Å². The molecule has 7 nitrogen and oxygen atoms in total. The van der Waals surface area contributed by atoms with Crippen molar-refractivity contribution in [3.05, 3.63) is 16.3 Å². The Kier molecular flexibility index (Phi) is 4.81. The van der Waals surface area contributed by atoms with Crippen molar-refractivity contribution in [2.75, 3.05) is 44.7 Å². The molecule has 1 atom stereocenters. The Morgan fingerprint density at radius 2 is 2.27 bits per heavy atom. The number of nitrogens with zero attached hydrogens (tertiary/aromatic N) is 4. The molecule has 1 N–H and O–H groups in total. The third-order valence-electron chi connectivity index (χ3n) is 5.02. The van der Waals surface area contributed by atoms with Gasteiger partial charge in [0, 0.05) is 24.5 Å². The normalized spacial score (nSPS) is 20.1. The second-order valence-electron chi connectivity index (χ2n) is 7.16. The third kappa shape index (κ3) is 3.41. The van der Waals surface area contributed by atoms with Gasteiger partial charge in [-0.25, -0.2) is 9.97 Å². The van der Waals surface area contributed by atoms with Gasteiger partial charge in [0.1, 0.15) is 16.5 Å². The van der Waals surface area contributed by atoms with Crippen molar-refractivity contribution in [3.8, 4) is 0 Å². The highest BCUT2D eigenvalue weighted by Gasteiger charge is 2.28. The molecule has 2 aromatic heterocycles. The molecule has 1 aliphatic carbocycles. The van der Waals surface area contributed by atoms with Gasteiger partial charge in [-0.1, -0.05) is 0 Å². The van der Waals surface area contributed by atoms with Crippen LogP contribution in [0.5, 0.6) is 0 Å². The van der Waals surface area contributed by atoms with Gasteiger partial charge in [0.05, 0.1) is 24.6 Å². The lowest BCUT2D eigenvalue weighted by Crippen LogP contribution is -2.48. The standard InChI is InChI=1S/C18H24N4O3S/c1-11-19-17(16-13-4-3-5-14(13)26-18(16)20-11)22-6-7-25-12(9-22)8-21(2)10-15(23)24/h12H,3-10H2,1-2H3,(H,23,24). The van der Waals surface area contributed by atoms with Crippen LogP contribution in [0.4, 0.5) is 5.82 Å². The number of thiophene rings is 1. The maximum atomic E-state index is 10.9. The Bertz CT molecular complexity index is 837. The summed E-state index contributed by atoms with van der Waals surface area (Å²) in [6.07, 6.45) is 3.46. The van der Waals surface area contributed by atoms with Crippen LogP contribution in [0.25, 0.3) is 10.2 Å². The number of rotatable bonds is 5.